The molecule has 0 fully saturated rings. The molecule has 5 nitrogen and oxygen atoms in total. The van der Waals surface area contributed by atoms with Crippen molar-refractivity contribution < 1.29 is 31.8 Å². The highest BCUT2D eigenvalue weighted by molar-refractivity contribution is 6.30. The van der Waals surface area contributed by atoms with Gasteiger partial charge in [-0.3, -0.25) is 0 Å². The number of hydrogen-bond acceptors (Lipinski definition) is 3. The molecule has 0 aliphatic rings. The fourth-order valence-electron chi connectivity index (χ4n) is 2.26. The highest BCUT2D eigenvalue weighted by atomic mass is 35.5. The molecule has 0 spiro atoms. The molecule has 10 heteroatoms. The van der Waals surface area contributed by atoms with Crippen molar-refractivity contribution in [3.05, 3.63) is 59.1 Å². The van der Waals surface area contributed by atoms with E-state index in [9.17, 15) is 22.4 Å². The van der Waals surface area contributed by atoms with Gasteiger partial charge in [0.1, 0.15) is 19.0 Å². The van der Waals surface area contributed by atoms with Crippen molar-refractivity contribution in [3.63, 3.8) is 0 Å². The Bertz CT molecular complexity index is 822. The number of hydrogen-bond donors (Lipinski definition) is 1. The molecule has 2 aromatic rings. The SMILES string of the molecule is CN(CCOc1ccc(Cl)cc1)C(=O)Nc1cccc(COCC(F)(F)C(F)F)c1. The first-order chi connectivity index (χ1) is 14.2. The van der Waals surface area contributed by atoms with E-state index in [2.05, 4.69) is 10.1 Å². The number of amides is 2. The van der Waals surface area contributed by atoms with Crippen LogP contribution in [-0.4, -0.2) is 50.1 Å². The summed E-state index contributed by atoms with van der Waals surface area (Å²) in [6.45, 7) is -1.12. The molecule has 0 bridgehead atoms. The van der Waals surface area contributed by atoms with Gasteiger partial charge in [-0.25, -0.2) is 13.6 Å². The zero-order valence-electron chi connectivity index (χ0n) is 16.1. The van der Waals surface area contributed by atoms with Crippen LogP contribution in [0.25, 0.3) is 0 Å². The van der Waals surface area contributed by atoms with Gasteiger partial charge in [0.25, 0.3) is 0 Å². The van der Waals surface area contributed by atoms with Crippen LogP contribution < -0.4 is 10.1 Å². The average Bonchev–Trinajstić information content (AvgIpc) is 2.69. The van der Waals surface area contributed by atoms with Crippen molar-refractivity contribution in [3.8, 4) is 5.75 Å². The third-order valence-corrected chi connectivity index (χ3v) is 4.17. The first kappa shape index (κ1) is 23.8. The lowest BCUT2D eigenvalue weighted by Gasteiger charge is -2.19. The number of alkyl halides is 4. The quantitative estimate of drug-likeness (QED) is 0.502. The maximum atomic E-state index is 12.9. The molecule has 2 rings (SSSR count). The molecule has 2 amide bonds. The summed E-state index contributed by atoms with van der Waals surface area (Å²) in [5.41, 5.74) is 0.860. The maximum absolute atomic E-state index is 12.9. The van der Waals surface area contributed by atoms with E-state index in [1.165, 1.54) is 11.0 Å². The number of likely N-dealkylation sites (N-methyl/N-ethyl adjacent to an activating group) is 1. The molecule has 0 saturated heterocycles. The zero-order chi connectivity index (χ0) is 22.1. The fourth-order valence-corrected chi connectivity index (χ4v) is 2.38. The molecule has 1 N–H and O–H groups in total. The summed E-state index contributed by atoms with van der Waals surface area (Å²) < 4.78 is 60.2. The van der Waals surface area contributed by atoms with E-state index in [1.807, 2.05) is 0 Å². The lowest BCUT2D eigenvalue weighted by Crippen LogP contribution is -2.34. The highest BCUT2D eigenvalue weighted by Gasteiger charge is 2.40. The zero-order valence-corrected chi connectivity index (χ0v) is 16.8. The van der Waals surface area contributed by atoms with Crippen molar-refractivity contribution in [2.45, 2.75) is 19.0 Å². The second-order valence-corrected chi connectivity index (χ2v) is 6.85. The molecule has 164 valence electrons. The first-order valence-electron chi connectivity index (χ1n) is 8.90. The normalized spacial score (nSPS) is 11.4. The molecular weight excluding hydrogens is 428 g/mol. The number of ether oxygens (including phenoxy) is 2. The number of nitrogens with one attached hydrogen (secondary N) is 1. The van der Waals surface area contributed by atoms with E-state index in [1.54, 1.807) is 49.5 Å². The number of urea groups is 1. The van der Waals surface area contributed by atoms with Crippen LogP contribution in [0.1, 0.15) is 5.56 Å². The van der Waals surface area contributed by atoms with Gasteiger partial charge in [-0.1, -0.05) is 23.7 Å². The van der Waals surface area contributed by atoms with Gasteiger partial charge in [0, 0.05) is 17.8 Å². The minimum Gasteiger partial charge on any atom is -0.492 e. The molecule has 0 unspecified atom stereocenters. The summed E-state index contributed by atoms with van der Waals surface area (Å²) in [7, 11) is 1.58. The second kappa shape index (κ2) is 11.0. The second-order valence-electron chi connectivity index (χ2n) is 6.41. The van der Waals surface area contributed by atoms with Crippen LogP contribution in [0.2, 0.25) is 5.02 Å². The van der Waals surface area contributed by atoms with Crippen LogP contribution >= 0.6 is 11.6 Å². The van der Waals surface area contributed by atoms with Gasteiger partial charge in [0.05, 0.1) is 13.2 Å². The third kappa shape index (κ3) is 7.72. The molecule has 0 aliphatic carbocycles. The van der Waals surface area contributed by atoms with E-state index in [4.69, 9.17) is 16.3 Å². The molecular formula is C20H21ClF4N2O3. The Morgan fingerprint density at radius 1 is 1.20 bits per heavy atom. The molecule has 2 aromatic carbocycles. The number of nitrogens with zero attached hydrogens (tertiary/aromatic N) is 1. The summed E-state index contributed by atoms with van der Waals surface area (Å²) in [5, 5.41) is 3.25. The number of rotatable bonds is 10. The summed E-state index contributed by atoms with van der Waals surface area (Å²) in [6, 6.07) is 12.7. The number of halogens is 5. The molecule has 0 heterocycles. The maximum Gasteiger partial charge on any atom is 0.330 e. The van der Waals surface area contributed by atoms with Crippen LogP contribution in [0.3, 0.4) is 0 Å². The Balaban J connectivity index is 1.78. The first-order valence-corrected chi connectivity index (χ1v) is 9.28. The van der Waals surface area contributed by atoms with E-state index in [-0.39, 0.29) is 13.2 Å². The lowest BCUT2D eigenvalue weighted by molar-refractivity contribution is -0.168. The Labute approximate surface area is 176 Å². The molecule has 0 saturated carbocycles. The van der Waals surface area contributed by atoms with Crippen LogP contribution in [0.15, 0.2) is 48.5 Å². The van der Waals surface area contributed by atoms with Crippen LogP contribution in [0.4, 0.5) is 28.0 Å². The monoisotopic (exact) mass is 448 g/mol. The summed E-state index contributed by atoms with van der Waals surface area (Å²) >= 11 is 5.80. The minimum atomic E-state index is -4.21. The largest absolute Gasteiger partial charge is 0.492 e. The third-order valence-electron chi connectivity index (χ3n) is 3.92. The predicted octanol–water partition coefficient (Wildman–Crippen LogP) is 5.30. The minimum absolute atomic E-state index is 0.262. The van der Waals surface area contributed by atoms with Crippen molar-refractivity contribution >= 4 is 23.3 Å². The number of carbonyl (C=O) groups excluding carboxylic acids is 1. The topological polar surface area (TPSA) is 50.8 Å². The number of benzene rings is 2. The predicted molar refractivity (Wildman–Crippen MR) is 106 cm³/mol. The highest BCUT2D eigenvalue weighted by Crippen LogP contribution is 2.23. The Hall–Kier alpha value is -2.52. The Morgan fingerprint density at radius 3 is 2.57 bits per heavy atom. The molecule has 0 atom stereocenters. The smallest absolute Gasteiger partial charge is 0.330 e. The summed E-state index contributed by atoms with van der Waals surface area (Å²) in [6.07, 6.45) is -3.79. The van der Waals surface area contributed by atoms with Gasteiger partial charge in [0.15, 0.2) is 0 Å². The van der Waals surface area contributed by atoms with E-state index in [0.717, 1.165) is 0 Å². The Kier molecular flexibility index (Phi) is 8.73. The van der Waals surface area contributed by atoms with E-state index in [0.29, 0.717) is 28.6 Å². The number of anilines is 1. The van der Waals surface area contributed by atoms with Crippen LogP contribution in [0.5, 0.6) is 5.75 Å². The Morgan fingerprint density at radius 2 is 1.90 bits per heavy atom. The lowest BCUT2D eigenvalue weighted by atomic mass is 10.2. The molecule has 0 aromatic heterocycles. The standard InChI is InChI=1S/C20H21ClF4N2O3/c1-27(9-10-30-17-7-5-15(21)6-8-17)19(28)26-16-4-2-3-14(11-16)12-29-13-20(24,25)18(22)23/h2-8,11,18H,9-10,12-13H2,1H3,(H,26,28). The van der Waals surface area contributed by atoms with Crippen LogP contribution in [-0.2, 0) is 11.3 Å². The number of carbonyl (C=O) groups is 1. The van der Waals surface area contributed by atoms with Gasteiger partial charge >= 0.3 is 18.4 Å². The molecule has 0 aliphatic heterocycles. The van der Waals surface area contributed by atoms with Crippen molar-refractivity contribution in [2.24, 2.45) is 0 Å². The fraction of sp³-hybridized carbons (Fsp3) is 0.350. The van der Waals surface area contributed by atoms with Crippen molar-refractivity contribution in [1.29, 1.82) is 0 Å². The van der Waals surface area contributed by atoms with Gasteiger partial charge < -0.3 is 19.7 Å². The summed E-state index contributed by atoms with van der Waals surface area (Å²) in [5.74, 6) is -3.58. The van der Waals surface area contributed by atoms with Gasteiger partial charge in [-0.15, -0.1) is 0 Å². The van der Waals surface area contributed by atoms with E-state index < -0.39 is 25.0 Å². The van der Waals surface area contributed by atoms with Gasteiger partial charge in [-0.2, -0.15) is 8.78 Å². The molecule has 0 radical (unpaired) electrons. The van der Waals surface area contributed by atoms with E-state index >= 15 is 0 Å². The van der Waals surface area contributed by atoms with Gasteiger partial charge in [-0.05, 0) is 42.0 Å². The summed E-state index contributed by atoms with van der Waals surface area (Å²) in [4.78, 5) is 13.7. The average molecular weight is 449 g/mol. The van der Waals surface area contributed by atoms with Crippen molar-refractivity contribution in [1.82, 2.24) is 4.90 Å². The molecule has 30 heavy (non-hydrogen) atoms. The van der Waals surface area contributed by atoms with Gasteiger partial charge in [0.2, 0.25) is 0 Å². The van der Waals surface area contributed by atoms with Crippen molar-refractivity contribution in [2.75, 3.05) is 32.1 Å². The van der Waals surface area contributed by atoms with Crippen LogP contribution in [0, 0.1) is 0 Å².